The first-order chi connectivity index (χ1) is 13.6. The van der Waals surface area contributed by atoms with E-state index in [0.717, 1.165) is 68.0 Å². The number of halogens is 1. The highest BCUT2D eigenvalue weighted by atomic mass is 19.1. The van der Waals surface area contributed by atoms with E-state index in [1.165, 1.54) is 12.1 Å². The number of fused-ring (bicyclic) bond motifs is 1. The molecular formula is C21H26FN5O. The van der Waals surface area contributed by atoms with Crippen LogP contribution in [0.3, 0.4) is 0 Å². The Hall–Kier alpha value is -2.64. The van der Waals surface area contributed by atoms with Crippen molar-refractivity contribution in [1.29, 1.82) is 0 Å². The molecule has 1 aromatic rings. The van der Waals surface area contributed by atoms with E-state index in [2.05, 4.69) is 21.6 Å². The van der Waals surface area contributed by atoms with Gasteiger partial charge in [-0.1, -0.05) is 18.2 Å². The molecule has 148 valence electrons. The number of hydrogen-bond donors (Lipinski definition) is 3. The number of nitrogens with two attached hydrogens (primary N) is 1. The van der Waals surface area contributed by atoms with E-state index in [1.807, 2.05) is 12.3 Å². The highest BCUT2D eigenvalue weighted by Gasteiger charge is 2.32. The number of benzene rings is 1. The molecule has 0 spiro atoms. The van der Waals surface area contributed by atoms with Crippen molar-refractivity contribution in [3.8, 4) is 0 Å². The summed E-state index contributed by atoms with van der Waals surface area (Å²) in [6, 6.07) is 6.21. The Bertz CT molecular complexity index is 830. The third kappa shape index (κ3) is 3.95. The van der Waals surface area contributed by atoms with Gasteiger partial charge in [0.1, 0.15) is 12.0 Å². The van der Waals surface area contributed by atoms with Crippen LogP contribution < -0.4 is 16.4 Å². The highest BCUT2D eigenvalue weighted by Crippen LogP contribution is 2.28. The molecule has 6 nitrogen and oxygen atoms in total. The van der Waals surface area contributed by atoms with Gasteiger partial charge >= 0.3 is 6.03 Å². The summed E-state index contributed by atoms with van der Waals surface area (Å²) in [6.07, 6.45) is 8.79. The van der Waals surface area contributed by atoms with Crippen LogP contribution >= 0.6 is 0 Å². The largest absolute Gasteiger partial charge is 0.361 e. The van der Waals surface area contributed by atoms with Gasteiger partial charge in [0.2, 0.25) is 0 Å². The van der Waals surface area contributed by atoms with Crippen molar-refractivity contribution >= 4 is 11.7 Å². The summed E-state index contributed by atoms with van der Waals surface area (Å²) >= 11 is 0. The molecule has 3 heterocycles. The molecule has 1 aromatic carbocycles. The minimum Gasteiger partial charge on any atom is -0.361 e. The molecule has 0 radical (unpaired) electrons. The van der Waals surface area contributed by atoms with Crippen LogP contribution in [0.15, 0.2) is 53.9 Å². The Labute approximate surface area is 164 Å². The molecule has 0 aliphatic carbocycles. The lowest BCUT2D eigenvalue weighted by molar-refractivity contribution is 0.210. The highest BCUT2D eigenvalue weighted by molar-refractivity contribution is 5.83. The number of nitrogens with one attached hydrogen (secondary N) is 2. The topological polar surface area (TPSA) is 73.6 Å². The summed E-state index contributed by atoms with van der Waals surface area (Å²) in [5.74, 6) is -0.264. The van der Waals surface area contributed by atoms with Gasteiger partial charge in [-0.25, -0.2) is 9.18 Å². The van der Waals surface area contributed by atoms with Gasteiger partial charge in [-0.05, 0) is 49.7 Å². The fourth-order valence-electron chi connectivity index (χ4n) is 3.77. The monoisotopic (exact) mass is 383 g/mol. The van der Waals surface area contributed by atoms with Gasteiger partial charge in [0, 0.05) is 42.7 Å². The Morgan fingerprint density at radius 2 is 2.00 bits per heavy atom. The van der Waals surface area contributed by atoms with Gasteiger partial charge in [-0.15, -0.1) is 0 Å². The molecule has 4 rings (SSSR count). The van der Waals surface area contributed by atoms with Gasteiger partial charge in [-0.2, -0.15) is 0 Å². The molecule has 7 heteroatoms. The Kier molecular flexibility index (Phi) is 5.45. The second kappa shape index (κ2) is 8.16. The lowest BCUT2D eigenvalue weighted by atomic mass is 10.1. The van der Waals surface area contributed by atoms with Crippen LogP contribution in [-0.4, -0.2) is 48.2 Å². The summed E-state index contributed by atoms with van der Waals surface area (Å²) in [4.78, 5) is 16.7. The van der Waals surface area contributed by atoms with Crippen molar-refractivity contribution in [2.24, 2.45) is 5.73 Å². The zero-order valence-electron chi connectivity index (χ0n) is 15.8. The SMILES string of the molecule is NCCCCN1CC=C(N2C=C3C=C(c4ccc(F)cc4)NC3NC2=O)CC1. The zero-order valence-corrected chi connectivity index (χ0v) is 15.8. The molecule has 3 aliphatic heterocycles. The van der Waals surface area contributed by atoms with E-state index in [-0.39, 0.29) is 18.0 Å². The number of urea groups is 1. The van der Waals surface area contributed by atoms with E-state index in [0.29, 0.717) is 0 Å². The number of carbonyl (C=O) groups excluding carboxylic acids is 1. The zero-order chi connectivity index (χ0) is 19.5. The van der Waals surface area contributed by atoms with Crippen molar-refractivity contribution in [2.75, 3.05) is 26.2 Å². The van der Waals surface area contributed by atoms with E-state index in [9.17, 15) is 9.18 Å². The number of carbonyl (C=O) groups is 1. The molecule has 1 atom stereocenters. The van der Waals surface area contributed by atoms with Crippen LogP contribution in [0.4, 0.5) is 9.18 Å². The first kappa shape index (κ1) is 18.7. The summed E-state index contributed by atoms with van der Waals surface area (Å²) < 4.78 is 13.2. The molecule has 0 bridgehead atoms. The maximum atomic E-state index is 13.2. The fourth-order valence-corrected chi connectivity index (χ4v) is 3.77. The van der Waals surface area contributed by atoms with Crippen molar-refractivity contribution < 1.29 is 9.18 Å². The standard InChI is InChI=1S/C21H26FN5O/c22-17-5-3-15(4-6-17)19-13-16-14-27(21(28)25-20(16)24-19)18-7-11-26(12-8-18)10-2-1-9-23/h3-7,13-14,20,24H,1-2,8-12,23H2,(H,25,28). The number of hydrogen-bond acceptors (Lipinski definition) is 4. The van der Waals surface area contributed by atoms with Gasteiger partial charge in [0.05, 0.1) is 0 Å². The minimum atomic E-state index is -0.264. The lowest BCUT2D eigenvalue weighted by Gasteiger charge is -2.34. The van der Waals surface area contributed by atoms with Crippen molar-refractivity contribution in [1.82, 2.24) is 20.4 Å². The van der Waals surface area contributed by atoms with Crippen molar-refractivity contribution in [2.45, 2.75) is 25.4 Å². The predicted octanol–water partition coefficient (Wildman–Crippen LogP) is 2.33. The quantitative estimate of drug-likeness (QED) is 0.660. The summed E-state index contributed by atoms with van der Waals surface area (Å²) in [7, 11) is 0. The van der Waals surface area contributed by atoms with Crippen LogP contribution in [0.1, 0.15) is 24.8 Å². The van der Waals surface area contributed by atoms with E-state index >= 15 is 0 Å². The van der Waals surface area contributed by atoms with E-state index < -0.39 is 0 Å². The van der Waals surface area contributed by atoms with Crippen LogP contribution in [0.25, 0.3) is 5.70 Å². The molecule has 0 fully saturated rings. The molecule has 2 amide bonds. The Balaban J connectivity index is 1.46. The molecule has 0 saturated carbocycles. The minimum absolute atomic E-state index is 0.127. The Morgan fingerprint density at radius 3 is 2.71 bits per heavy atom. The Morgan fingerprint density at radius 1 is 1.18 bits per heavy atom. The smallest absolute Gasteiger partial charge is 0.327 e. The first-order valence-corrected chi connectivity index (χ1v) is 9.81. The third-order valence-electron chi connectivity index (χ3n) is 5.37. The lowest BCUT2D eigenvalue weighted by Crippen LogP contribution is -2.51. The molecule has 0 saturated heterocycles. The van der Waals surface area contributed by atoms with Gasteiger partial charge in [0.15, 0.2) is 0 Å². The van der Waals surface area contributed by atoms with E-state index in [4.69, 9.17) is 5.73 Å². The normalized spacial score (nSPS) is 22.1. The number of unbranched alkanes of at least 4 members (excludes halogenated alkanes) is 1. The van der Waals surface area contributed by atoms with Gasteiger partial charge < -0.3 is 16.4 Å². The number of amides is 2. The summed E-state index contributed by atoms with van der Waals surface area (Å²) in [6.45, 7) is 3.58. The maximum Gasteiger partial charge on any atom is 0.327 e. The summed E-state index contributed by atoms with van der Waals surface area (Å²) in [5, 5.41) is 6.30. The molecule has 3 aliphatic rings. The second-order valence-corrected chi connectivity index (χ2v) is 7.33. The molecule has 4 N–H and O–H groups in total. The summed E-state index contributed by atoms with van der Waals surface area (Å²) in [5.41, 5.74) is 9.35. The number of rotatable bonds is 6. The van der Waals surface area contributed by atoms with Crippen LogP contribution in [0, 0.1) is 5.82 Å². The van der Waals surface area contributed by atoms with Gasteiger partial charge in [0.25, 0.3) is 0 Å². The van der Waals surface area contributed by atoms with Gasteiger partial charge in [-0.3, -0.25) is 9.80 Å². The van der Waals surface area contributed by atoms with Crippen LogP contribution in [0.2, 0.25) is 0 Å². The van der Waals surface area contributed by atoms with Crippen molar-refractivity contribution in [3.63, 3.8) is 0 Å². The molecule has 28 heavy (non-hydrogen) atoms. The average molecular weight is 383 g/mol. The predicted molar refractivity (Wildman–Crippen MR) is 107 cm³/mol. The second-order valence-electron chi connectivity index (χ2n) is 7.33. The van der Waals surface area contributed by atoms with E-state index in [1.54, 1.807) is 17.0 Å². The maximum absolute atomic E-state index is 13.2. The number of nitrogens with zero attached hydrogens (tertiary/aromatic N) is 2. The molecule has 1 unspecified atom stereocenters. The van der Waals surface area contributed by atoms with Crippen LogP contribution in [-0.2, 0) is 0 Å². The van der Waals surface area contributed by atoms with Crippen molar-refractivity contribution in [3.05, 3.63) is 65.3 Å². The average Bonchev–Trinajstić information content (AvgIpc) is 3.11. The first-order valence-electron chi connectivity index (χ1n) is 9.81. The fraction of sp³-hybridized carbons (Fsp3) is 0.381. The third-order valence-corrected chi connectivity index (χ3v) is 5.37. The molecule has 0 aromatic heterocycles. The molecular weight excluding hydrogens is 357 g/mol. The van der Waals surface area contributed by atoms with Crippen LogP contribution in [0.5, 0.6) is 0 Å².